The summed E-state index contributed by atoms with van der Waals surface area (Å²) in [7, 11) is -1.76. The van der Waals surface area contributed by atoms with Crippen LogP contribution < -0.4 is 5.73 Å². The standard InChI is InChI=1S/C11H12ClN3O2S/c1-15-6-8(5-14-15)7-18(16,17)11-3-2-9(12)4-10(11)13/h2-6H,7,13H2,1H3. The minimum atomic E-state index is -3.48. The number of aryl methyl sites for hydroxylation is 1. The van der Waals surface area contributed by atoms with Crippen molar-refractivity contribution in [2.24, 2.45) is 7.05 Å². The number of rotatable bonds is 3. The highest BCUT2D eigenvalue weighted by atomic mass is 35.5. The average molecular weight is 286 g/mol. The van der Waals surface area contributed by atoms with E-state index < -0.39 is 9.84 Å². The fourth-order valence-corrected chi connectivity index (χ4v) is 3.26. The highest BCUT2D eigenvalue weighted by molar-refractivity contribution is 7.90. The molecule has 2 N–H and O–H groups in total. The zero-order chi connectivity index (χ0) is 13.3. The molecule has 5 nitrogen and oxygen atoms in total. The van der Waals surface area contributed by atoms with Gasteiger partial charge in [0, 0.05) is 23.8 Å². The van der Waals surface area contributed by atoms with Crippen molar-refractivity contribution in [3.05, 3.63) is 41.2 Å². The lowest BCUT2D eigenvalue weighted by Gasteiger charge is -2.06. The molecule has 0 bridgehead atoms. The molecular formula is C11H12ClN3O2S. The first-order valence-electron chi connectivity index (χ1n) is 5.14. The molecule has 0 amide bonds. The SMILES string of the molecule is Cn1cc(CS(=O)(=O)c2ccc(Cl)cc2N)cn1. The molecule has 18 heavy (non-hydrogen) atoms. The van der Waals surface area contributed by atoms with Gasteiger partial charge in [-0.25, -0.2) is 8.42 Å². The van der Waals surface area contributed by atoms with Crippen LogP contribution in [0.5, 0.6) is 0 Å². The van der Waals surface area contributed by atoms with Crippen LogP contribution in [0.1, 0.15) is 5.56 Å². The van der Waals surface area contributed by atoms with Gasteiger partial charge in [0.1, 0.15) is 0 Å². The molecule has 0 saturated heterocycles. The van der Waals surface area contributed by atoms with Crippen molar-refractivity contribution < 1.29 is 8.42 Å². The lowest BCUT2D eigenvalue weighted by molar-refractivity contribution is 0.595. The predicted octanol–water partition coefficient (Wildman–Crippen LogP) is 1.63. The summed E-state index contributed by atoms with van der Waals surface area (Å²) < 4.78 is 25.9. The Labute approximate surface area is 110 Å². The van der Waals surface area contributed by atoms with Gasteiger partial charge < -0.3 is 5.73 Å². The van der Waals surface area contributed by atoms with E-state index in [1.165, 1.54) is 24.4 Å². The van der Waals surface area contributed by atoms with Crippen molar-refractivity contribution in [2.75, 3.05) is 5.73 Å². The van der Waals surface area contributed by atoms with E-state index in [4.69, 9.17) is 17.3 Å². The second-order valence-electron chi connectivity index (χ2n) is 3.96. The first-order chi connectivity index (χ1) is 8.38. The van der Waals surface area contributed by atoms with E-state index >= 15 is 0 Å². The summed E-state index contributed by atoms with van der Waals surface area (Å²) in [6, 6.07) is 4.36. The van der Waals surface area contributed by atoms with E-state index in [9.17, 15) is 8.42 Å². The number of sulfone groups is 1. The Hall–Kier alpha value is -1.53. The quantitative estimate of drug-likeness (QED) is 0.870. The number of anilines is 1. The third-order valence-corrected chi connectivity index (χ3v) is 4.41. The number of nitrogen functional groups attached to an aromatic ring is 1. The lowest BCUT2D eigenvalue weighted by Crippen LogP contribution is -2.07. The van der Waals surface area contributed by atoms with Gasteiger partial charge in [-0.2, -0.15) is 5.10 Å². The van der Waals surface area contributed by atoms with Crippen LogP contribution in [-0.4, -0.2) is 18.2 Å². The van der Waals surface area contributed by atoms with Gasteiger partial charge in [-0.1, -0.05) is 11.6 Å². The fourth-order valence-electron chi connectivity index (χ4n) is 1.65. The number of nitrogens with two attached hydrogens (primary N) is 1. The van der Waals surface area contributed by atoms with E-state index in [2.05, 4.69) is 5.10 Å². The van der Waals surface area contributed by atoms with Crippen molar-refractivity contribution in [2.45, 2.75) is 10.6 Å². The Kier molecular flexibility index (Phi) is 3.32. The predicted molar refractivity (Wildman–Crippen MR) is 70.0 cm³/mol. The molecule has 0 atom stereocenters. The molecule has 0 spiro atoms. The highest BCUT2D eigenvalue weighted by Crippen LogP contribution is 2.25. The van der Waals surface area contributed by atoms with Gasteiger partial charge in [0.25, 0.3) is 0 Å². The van der Waals surface area contributed by atoms with Crippen molar-refractivity contribution in [3.63, 3.8) is 0 Å². The molecule has 2 rings (SSSR count). The van der Waals surface area contributed by atoms with Gasteiger partial charge in [-0.15, -0.1) is 0 Å². The fraction of sp³-hybridized carbons (Fsp3) is 0.182. The van der Waals surface area contributed by atoms with Crippen LogP contribution in [0.2, 0.25) is 5.02 Å². The topological polar surface area (TPSA) is 78.0 Å². The second kappa shape index (κ2) is 4.62. The van der Waals surface area contributed by atoms with Crippen LogP contribution in [0.25, 0.3) is 0 Å². The highest BCUT2D eigenvalue weighted by Gasteiger charge is 2.19. The molecule has 96 valence electrons. The van der Waals surface area contributed by atoms with Crippen LogP contribution >= 0.6 is 11.6 Å². The van der Waals surface area contributed by atoms with Gasteiger partial charge >= 0.3 is 0 Å². The van der Waals surface area contributed by atoms with Crippen molar-refractivity contribution in [3.8, 4) is 0 Å². The molecule has 1 heterocycles. The number of hydrogen-bond acceptors (Lipinski definition) is 4. The van der Waals surface area contributed by atoms with E-state index in [1.807, 2.05) is 0 Å². The minimum absolute atomic E-state index is 0.0933. The number of nitrogens with zero attached hydrogens (tertiary/aromatic N) is 2. The van der Waals surface area contributed by atoms with Crippen molar-refractivity contribution >= 4 is 27.1 Å². The average Bonchev–Trinajstić information content (AvgIpc) is 2.62. The minimum Gasteiger partial charge on any atom is -0.398 e. The summed E-state index contributed by atoms with van der Waals surface area (Å²) >= 11 is 5.74. The van der Waals surface area contributed by atoms with Gasteiger partial charge in [0.05, 0.1) is 22.5 Å². The first kappa shape index (κ1) is 12.9. The summed E-state index contributed by atoms with van der Waals surface area (Å²) in [5.41, 5.74) is 6.46. The van der Waals surface area contributed by atoms with Crippen LogP contribution in [-0.2, 0) is 22.6 Å². The molecule has 0 aliphatic rings. The van der Waals surface area contributed by atoms with E-state index in [1.54, 1.807) is 17.9 Å². The Bertz CT molecular complexity index is 679. The third-order valence-electron chi connectivity index (χ3n) is 2.42. The summed E-state index contributed by atoms with van der Waals surface area (Å²) in [6.45, 7) is 0. The van der Waals surface area contributed by atoms with Gasteiger partial charge in [-0.3, -0.25) is 4.68 Å². The molecule has 1 aromatic carbocycles. The Morgan fingerprint density at radius 2 is 2.17 bits per heavy atom. The zero-order valence-electron chi connectivity index (χ0n) is 9.67. The molecule has 2 aromatic rings. The Morgan fingerprint density at radius 1 is 1.44 bits per heavy atom. The van der Waals surface area contributed by atoms with Crippen molar-refractivity contribution in [1.82, 2.24) is 9.78 Å². The monoisotopic (exact) mass is 285 g/mol. The first-order valence-corrected chi connectivity index (χ1v) is 7.17. The Morgan fingerprint density at radius 3 is 2.72 bits per heavy atom. The molecular weight excluding hydrogens is 274 g/mol. The van der Waals surface area contributed by atoms with Gasteiger partial charge in [0.2, 0.25) is 0 Å². The van der Waals surface area contributed by atoms with Crippen molar-refractivity contribution in [1.29, 1.82) is 0 Å². The third kappa shape index (κ3) is 2.65. The number of benzene rings is 1. The van der Waals surface area contributed by atoms with E-state index in [-0.39, 0.29) is 16.3 Å². The molecule has 1 aromatic heterocycles. The van der Waals surface area contributed by atoms with Crippen LogP contribution in [0.4, 0.5) is 5.69 Å². The molecule has 0 radical (unpaired) electrons. The zero-order valence-corrected chi connectivity index (χ0v) is 11.2. The summed E-state index contributed by atoms with van der Waals surface area (Å²) in [5.74, 6) is -0.132. The summed E-state index contributed by atoms with van der Waals surface area (Å²) in [4.78, 5) is 0.0933. The van der Waals surface area contributed by atoms with Gasteiger partial charge in [-0.05, 0) is 18.2 Å². The largest absolute Gasteiger partial charge is 0.398 e. The number of hydrogen-bond donors (Lipinski definition) is 1. The molecule has 0 aliphatic carbocycles. The second-order valence-corrected chi connectivity index (χ2v) is 6.36. The van der Waals surface area contributed by atoms with Crippen LogP contribution in [0.15, 0.2) is 35.5 Å². The maximum Gasteiger partial charge on any atom is 0.184 e. The number of halogens is 1. The molecule has 7 heteroatoms. The molecule has 0 fully saturated rings. The number of aromatic nitrogens is 2. The molecule has 0 aliphatic heterocycles. The van der Waals surface area contributed by atoms with Crippen LogP contribution in [0.3, 0.4) is 0 Å². The van der Waals surface area contributed by atoms with Gasteiger partial charge in [0.15, 0.2) is 9.84 Å². The smallest absolute Gasteiger partial charge is 0.184 e. The lowest BCUT2D eigenvalue weighted by atomic mass is 10.3. The normalized spacial score (nSPS) is 11.7. The summed E-state index contributed by atoms with van der Waals surface area (Å²) in [5, 5.41) is 4.34. The molecule has 0 unspecified atom stereocenters. The van der Waals surface area contributed by atoms with E-state index in [0.29, 0.717) is 10.6 Å². The summed E-state index contributed by atoms with van der Waals surface area (Å²) in [6.07, 6.45) is 3.17. The van der Waals surface area contributed by atoms with Crippen LogP contribution in [0, 0.1) is 0 Å². The molecule has 0 saturated carbocycles. The maximum atomic E-state index is 12.2. The maximum absolute atomic E-state index is 12.2. The Balaban J connectivity index is 2.36. The van der Waals surface area contributed by atoms with E-state index in [0.717, 1.165) is 0 Å².